The smallest absolute Gasteiger partial charge is 0.234 e. The summed E-state index contributed by atoms with van der Waals surface area (Å²) in [7, 11) is 0. The Morgan fingerprint density at radius 1 is 1.21 bits per heavy atom. The number of carbonyl (C=O) groups is 1. The Hall–Kier alpha value is -2.77. The van der Waals surface area contributed by atoms with E-state index in [2.05, 4.69) is 20.7 Å². The molecule has 3 heterocycles. The molecule has 1 unspecified atom stereocenters. The van der Waals surface area contributed by atoms with Gasteiger partial charge in [0.1, 0.15) is 5.69 Å². The number of amidine groups is 1. The summed E-state index contributed by atoms with van der Waals surface area (Å²) in [5, 5.41) is 3.07. The fourth-order valence-corrected chi connectivity index (χ4v) is 3.59. The van der Waals surface area contributed by atoms with Crippen LogP contribution < -0.4 is 10.8 Å². The summed E-state index contributed by atoms with van der Waals surface area (Å²) in [5.74, 6) is 0.707. The number of benzene rings is 1. The summed E-state index contributed by atoms with van der Waals surface area (Å²) >= 11 is 0. The lowest BCUT2D eigenvalue weighted by atomic mass is 10.0. The van der Waals surface area contributed by atoms with E-state index in [1.165, 1.54) is 0 Å². The van der Waals surface area contributed by atoms with Gasteiger partial charge in [-0.25, -0.2) is 15.3 Å². The lowest BCUT2D eigenvalue weighted by Gasteiger charge is -2.35. The number of pyridine rings is 1. The highest BCUT2D eigenvalue weighted by Gasteiger charge is 2.40. The molecule has 1 aromatic carbocycles. The van der Waals surface area contributed by atoms with Gasteiger partial charge in [0.2, 0.25) is 5.91 Å². The van der Waals surface area contributed by atoms with E-state index in [1.54, 1.807) is 6.20 Å². The second-order valence-corrected chi connectivity index (χ2v) is 7.30. The first-order valence-corrected chi connectivity index (χ1v) is 9.65. The molecule has 0 bridgehead atoms. The zero-order valence-electron chi connectivity index (χ0n) is 16.0. The third kappa shape index (κ3) is 4.21. The average molecular weight is 379 g/mol. The Balaban J connectivity index is 1.29. The minimum absolute atomic E-state index is 0.00210. The monoisotopic (exact) mass is 379 g/mol. The average Bonchev–Trinajstić information content (AvgIpc) is 3.15. The summed E-state index contributed by atoms with van der Waals surface area (Å²) in [6.07, 6.45) is 3.21. The molecule has 2 N–H and O–H groups in total. The Bertz CT molecular complexity index is 832. The van der Waals surface area contributed by atoms with E-state index in [9.17, 15) is 4.79 Å². The first kappa shape index (κ1) is 18.6. The van der Waals surface area contributed by atoms with Crippen molar-refractivity contribution in [2.45, 2.75) is 31.5 Å². The van der Waals surface area contributed by atoms with Crippen LogP contribution >= 0.6 is 0 Å². The molecule has 1 spiro atoms. The van der Waals surface area contributed by atoms with Crippen LogP contribution in [0.5, 0.6) is 0 Å². The number of amides is 1. The van der Waals surface area contributed by atoms with Crippen LogP contribution in [0.15, 0.2) is 59.7 Å². The van der Waals surface area contributed by atoms with Crippen molar-refractivity contribution in [3.8, 4) is 0 Å². The zero-order chi connectivity index (χ0) is 19.4. The van der Waals surface area contributed by atoms with Crippen LogP contribution in [0.4, 0.5) is 0 Å². The van der Waals surface area contributed by atoms with Crippen molar-refractivity contribution in [1.82, 2.24) is 20.7 Å². The molecule has 0 aliphatic carbocycles. The van der Waals surface area contributed by atoms with Gasteiger partial charge in [0, 0.05) is 32.1 Å². The van der Waals surface area contributed by atoms with Crippen molar-refractivity contribution >= 4 is 11.7 Å². The Labute approximate surface area is 164 Å². The van der Waals surface area contributed by atoms with Gasteiger partial charge in [0.05, 0.1) is 12.6 Å². The number of piperidine rings is 1. The zero-order valence-corrected chi connectivity index (χ0v) is 16.0. The van der Waals surface area contributed by atoms with E-state index in [-0.39, 0.29) is 11.9 Å². The molecule has 2 aromatic rings. The number of carbonyl (C=O) groups excluding carboxylic acids is 1. The fourth-order valence-electron chi connectivity index (χ4n) is 3.59. The van der Waals surface area contributed by atoms with Gasteiger partial charge in [-0.15, -0.1) is 0 Å². The van der Waals surface area contributed by atoms with Gasteiger partial charge in [-0.05, 0) is 24.6 Å². The number of aromatic nitrogens is 1. The van der Waals surface area contributed by atoms with Crippen LogP contribution in [0.3, 0.4) is 0 Å². The molecule has 1 fully saturated rings. The van der Waals surface area contributed by atoms with E-state index in [1.807, 2.05) is 55.5 Å². The summed E-state index contributed by atoms with van der Waals surface area (Å²) < 4.78 is 0. The van der Waals surface area contributed by atoms with Crippen molar-refractivity contribution < 1.29 is 9.63 Å². The molecular formula is C21H25N5O2. The van der Waals surface area contributed by atoms with E-state index < -0.39 is 5.72 Å². The number of hydrogen-bond donors (Lipinski definition) is 2. The molecule has 28 heavy (non-hydrogen) atoms. The lowest BCUT2D eigenvalue weighted by molar-refractivity contribution is -0.125. The molecule has 146 valence electrons. The molecule has 4 rings (SSSR count). The molecule has 2 aliphatic heterocycles. The predicted molar refractivity (Wildman–Crippen MR) is 106 cm³/mol. The molecule has 7 heteroatoms. The van der Waals surface area contributed by atoms with Crippen LogP contribution in [0, 0.1) is 0 Å². The van der Waals surface area contributed by atoms with Crippen LogP contribution in [0.25, 0.3) is 0 Å². The predicted octanol–water partition coefficient (Wildman–Crippen LogP) is 2.03. The number of likely N-dealkylation sites (tertiary alicyclic amines) is 1. The number of hydroxylamine groups is 1. The standard InChI is InChI=1S/C21H25N5O2/c1-16(17-7-3-2-4-8-17)23-19(27)15-26-13-10-21(11-14-26)24-20(25-28-21)18-9-5-6-12-22-18/h2-9,12,16H,10-11,13-15H2,1H3,(H,23,27)(H,24,25). The molecule has 0 saturated carbocycles. The van der Waals surface area contributed by atoms with Crippen molar-refractivity contribution in [3.05, 3.63) is 66.0 Å². The molecule has 1 amide bonds. The minimum atomic E-state index is -0.558. The van der Waals surface area contributed by atoms with E-state index >= 15 is 0 Å². The largest absolute Gasteiger partial charge is 0.348 e. The van der Waals surface area contributed by atoms with E-state index in [0.717, 1.165) is 37.2 Å². The van der Waals surface area contributed by atoms with E-state index in [4.69, 9.17) is 9.83 Å². The molecular weight excluding hydrogens is 354 g/mol. The van der Waals surface area contributed by atoms with Gasteiger partial charge >= 0.3 is 0 Å². The Morgan fingerprint density at radius 2 is 1.96 bits per heavy atom. The quantitative estimate of drug-likeness (QED) is 0.831. The van der Waals surface area contributed by atoms with Crippen LogP contribution in [0.2, 0.25) is 0 Å². The fraction of sp³-hybridized carbons (Fsp3) is 0.381. The number of aliphatic imine (C=N–C) groups is 1. The van der Waals surface area contributed by atoms with Gasteiger partial charge in [0.15, 0.2) is 11.6 Å². The van der Waals surface area contributed by atoms with Gasteiger partial charge in [-0.3, -0.25) is 14.7 Å². The highest BCUT2D eigenvalue weighted by molar-refractivity contribution is 5.97. The number of hydrogen-bond acceptors (Lipinski definition) is 6. The van der Waals surface area contributed by atoms with Crippen LogP contribution in [-0.2, 0) is 9.63 Å². The minimum Gasteiger partial charge on any atom is -0.348 e. The lowest BCUT2D eigenvalue weighted by Crippen LogP contribution is -2.47. The molecule has 7 nitrogen and oxygen atoms in total. The van der Waals surface area contributed by atoms with E-state index in [0.29, 0.717) is 12.4 Å². The second kappa shape index (κ2) is 8.08. The highest BCUT2D eigenvalue weighted by atomic mass is 16.7. The second-order valence-electron chi connectivity index (χ2n) is 7.30. The van der Waals surface area contributed by atoms with Crippen molar-refractivity contribution in [3.63, 3.8) is 0 Å². The normalized spacial score (nSPS) is 19.7. The third-order valence-corrected chi connectivity index (χ3v) is 5.24. The third-order valence-electron chi connectivity index (χ3n) is 5.24. The van der Waals surface area contributed by atoms with Gasteiger partial charge in [-0.1, -0.05) is 36.4 Å². The van der Waals surface area contributed by atoms with Crippen molar-refractivity contribution in [1.29, 1.82) is 0 Å². The Morgan fingerprint density at radius 3 is 2.68 bits per heavy atom. The molecule has 1 aromatic heterocycles. The van der Waals surface area contributed by atoms with Crippen LogP contribution in [0.1, 0.15) is 37.1 Å². The highest BCUT2D eigenvalue weighted by Crippen LogP contribution is 2.30. The Kier molecular flexibility index (Phi) is 5.36. The SMILES string of the molecule is CC(NC(=O)CN1CCC2(CC1)N=C(c1ccccn1)NO2)c1ccccc1. The van der Waals surface area contributed by atoms with Gasteiger partial charge in [0.25, 0.3) is 0 Å². The summed E-state index contributed by atoms with van der Waals surface area (Å²) in [6.45, 7) is 3.91. The number of rotatable bonds is 5. The molecule has 1 atom stereocenters. The first-order valence-electron chi connectivity index (χ1n) is 9.65. The number of nitrogens with one attached hydrogen (secondary N) is 2. The summed E-state index contributed by atoms with van der Waals surface area (Å²) in [4.78, 5) is 29.4. The van der Waals surface area contributed by atoms with Crippen LogP contribution in [-0.4, -0.2) is 47.0 Å². The molecule has 0 radical (unpaired) electrons. The topological polar surface area (TPSA) is 78.9 Å². The summed E-state index contributed by atoms with van der Waals surface area (Å²) in [6, 6.07) is 15.7. The van der Waals surface area contributed by atoms with Gasteiger partial charge in [-0.2, -0.15) is 0 Å². The van der Waals surface area contributed by atoms with Crippen molar-refractivity contribution in [2.24, 2.45) is 4.99 Å². The maximum absolute atomic E-state index is 12.4. The molecule has 2 aliphatic rings. The van der Waals surface area contributed by atoms with Gasteiger partial charge < -0.3 is 5.32 Å². The maximum Gasteiger partial charge on any atom is 0.234 e. The summed E-state index contributed by atoms with van der Waals surface area (Å²) in [5.41, 5.74) is 4.25. The maximum atomic E-state index is 12.4. The van der Waals surface area contributed by atoms with Crippen molar-refractivity contribution in [2.75, 3.05) is 19.6 Å². The number of nitrogens with zero attached hydrogens (tertiary/aromatic N) is 3. The first-order chi connectivity index (χ1) is 13.6. The molecule has 1 saturated heterocycles.